The Morgan fingerprint density at radius 2 is 1.72 bits per heavy atom. The lowest BCUT2D eigenvalue weighted by atomic mass is 10.0. The Morgan fingerprint density at radius 3 is 2.32 bits per heavy atom. The Balaban J connectivity index is 2.37. The number of hydrogen-bond acceptors (Lipinski definition) is 3. The Hall–Kier alpha value is -2.59. The highest BCUT2D eigenvalue weighted by Crippen LogP contribution is 2.32. The summed E-state index contributed by atoms with van der Waals surface area (Å²) in [7, 11) is 7.94. The molecule has 0 spiro atoms. The SMILES string of the molecule is COc1ccc2c(=O)c(C)c(-c3ccccc3)oc2c1C[N+](C)(C)C. The van der Waals surface area contributed by atoms with E-state index in [0.29, 0.717) is 33.3 Å². The Bertz CT molecular complexity index is 966. The molecule has 2 aromatic carbocycles. The summed E-state index contributed by atoms with van der Waals surface area (Å²) in [4.78, 5) is 12.9. The van der Waals surface area contributed by atoms with Gasteiger partial charge in [0.05, 0.1) is 39.2 Å². The highest BCUT2D eigenvalue weighted by atomic mass is 16.5. The van der Waals surface area contributed by atoms with Crippen molar-refractivity contribution in [2.75, 3.05) is 28.3 Å². The molecule has 0 saturated heterocycles. The van der Waals surface area contributed by atoms with Gasteiger partial charge in [0.2, 0.25) is 0 Å². The molecule has 0 amide bonds. The summed E-state index contributed by atoms with van der Waals surface area (Å²) >= 11 is 0. The molecule has 0 fully saturated rings. The number of quaternary nitrogens is 1. The minimum absolute atomic E-state index is 0.00501. The van der Waals surface area contributed by atoms with Crippen molar-refractivity contribution in [3.05, 3.63) is 63.8 Å². The second-order valence-corrected chi connectivity index (χ2v) is 7.32. The molecule has 3 aromatic rings. The van der Waals surface area contributed by atoms with Gasteiger partial charge in [-0.05, 0) is 19.1 Å². The van der Waals surface area contributed by atoms with Gasteiger partial charge in [0.15, 0.2) is 11.0 Å². The van der Waals surface area contributed by atoms with Crippen molar-refractivity contribution in [1.82, 2.24) is 0 Å². The third kappa shape index (κ3) is 3.30. The van der Waals surface area contributed by atoms with E-state index in [9.17, 15) is 4.79 Å². The zero-order valence-electron chi connectivity index (χ0n) is 15.4. The molecule has 0 aliphatic heterocycles. The van der Waals surface area contributed by atoms with Gasteiger partial charge in [-0.2, -0.15) is 0 Å². The van der Waals surface area contributed by atoms with E-state index in [1.807, 2.05) is 43.3 Å². The predicted octanol–water partition coefficient (Wildman–Crippen LogP) is 3.98. The molecule has 4 nitrogen and oxygen atoms in total. The smallest absolute Gasteiger partial charge is 0.196 e. The van der Waals surface area contributed by atoms with Crippen LogP contribution in [0.15, 0.2) is 51.7 Å². The van der Waals surface area contributed by atoms with E-state index in [1.54, 1.807) is 13.2 Å². The van der Waals surface area contributed by atoms with Gasteiger partial charge in [0, 0.05) is 11.1 Å². The summed E-state index contributed by atoms with van der Waals surface area (Å²) in [6.45, 7) is 2.51. The number of rotatable bonds is 4. The lowest BCUT2D eigenvalue weighted by Crippen LogP contribution is -2.33. The second kappa shape index (κ2) is 6.37. The van der Waals surface area contributed by atoms with E-state index < -0.39 is 0 Å². The van der Waals surface area contributed by atoms with E-state index in [-0.39, 0.29) is 5.43 Å². The molecule has 0 atom stereocenters. The number of fused-ring (bicyclic) bond motifs is 1. The summed E-state index contributed by atoms with van der Waals surface area (Å²) < 4.78 is 12.5. The van der Waals surface area contributed by atoms with Gasteiger partial charge >= 0.3 is 0 Å². The number of ether oxygens (including phenoxy) is 1. The third-order valence-electron chi connectivity index (χ3n) is 4.24. The van der Waals surface area contributed by atoms with E-state index in [1.165, 1.54) is 0 Å². The molecule has 130 valence electrons. The second-order valence-electron chi connectivity index (χ2n) is 7.32. The molecule has 0 unspecified atom stereocenters. The van der Waals surface area contributed by atoms with Crippen molar-refractivity contribution in [2.24, 2.45) is 0 Å². The zero-order chi connectivity index (χ0) is 18.2. The van der Waals surface area contributed by atoms with Crippen LogP contribution in [0.4, 0.5) is 0 Å². The highest BCUT2D eigenvalue weighted by molar-refractivity contribution is 5.85. The van der Waals surface area contributed by atoms with Gasteiger partial charge in [-0.1, -0.05) is 30.3 Å². The fraction of sp³-hybridized carbons (Fsp3) is 0.286. The Kier molecular flexibility index (Phi) is 4.39. The molecule has 3 rings (SSSR count). The van der Waals surface area contributed by atoms with E-state index in [4.69, 9.17) is 9.15 Å². The molecule has 1 heterocycles. The van der Waals surface area contributed by atoms with Crippen LogP contribution in [0.5, 0.6) is 5.75 Å². The van der Waals surface area contributed by atoms with Crippen LogP contribution < -0.4 is 10.2 Å². The van der Waals surface area contributed by atoms with Gasteiger partial charge in [-0.25, -0.2) is 0 Å². The first-order valence-electron chi connectivity index (χ1n) is 8.31. The summed E-state index contributed by atoms with van der Waals surface area (Å²) in [6, 6.07) is 13.4. The van der Waals surface area contributed by atoms with E-state index >= 15 is 0 Å². The molecule has 0 saturated carbocycles. The van der Waals surface area contributed by atoms with Crippen molar-refractivity contribution in [3.63, 3.8) is 0 Å². The van der Waals surface area contributed by atoms with Crippen LogP contribution in [0.25, 0.3) is 22.3 Å². The topological polar surface area (TPSA) is 39.4 Å². The summed E-state index contributed by atoms with van der Waals surface area (Å²) in [5.74, 6) is 1.36. The standard InChI is InChI=1S/C21H24NO3/c1-14-19(23)16-11-12-18(24-5)17(13-22(2,3)4)21(16)25-20(14)15-9-7-6-8-10-15/h6-12H,13H2,1-5H3/q+1. The van der Waals surface area contributed by atoms with Gasteiger partial charge in [-0.3, -0.25) is 4.79 Å². The molecule has 0 bridgehead atoms. The molecule has 0 N–H and O–H groups in total. The van der Waals surface area contributed by atoms with Gasteiger partial charge < -0.3 is 13.6 Å². The average molecular weight is 338 g/mol. The maximum atomic E-state index is 12.9. The van der Waals surface area contributed by atoms with Crippen molar-refractivity contribution in [1.29, 1.82) is 0 Å². The molecular weight excluding hydrogens is 314 g/mol. The quantitative estimate of drug-likeness (QED) is 0.676. The minimum Gasteiger partial charge on any atom is -0.496 e. The fourth-order valence-corrected chi connectivity index (χ4v) is 3.07. The average Bonchev–Trinajstić information content (AvgIpc) is 2.58. The van der Waals surface area contributed by atoms with Crippen LogP contribution in [0.1, 0.15) is 11.1 Å². The monoisotopic (exact) mass is 338 g/mol. The minimum atomic E-state index is 0.00501. The normalized spacial score (nSPS) is 11.7. The third-order valence-corrected chi connectivity index (χ3v) is 4.24. The van der Waals surface area contributed by atoms with E-state index in [2.05, 4.69) is 21.1 Å². The highest BCUT2D eigenvalue weighted by Gasteiger charge is 2.22. The van der Waals surface area contributed by atoms with Crippen molar-refractivity contribution in [2.45, 2.75) is 13.5 Å². The van der Waals surface area contributed by atoms with Gasteiger partial charge in [-0.15, -0.1) is 0 Å². The lowest BCUT2D eigenvalue weighted by molar-refractivity contribution is -0.883. The Labute approximate surface area is 147 Å². The molecule has 0 aliphatic rings. The van der Waals surface area contributed by atoms with Crippen molar-refractivity contribution >= 4 is 11.0 Å². The molecule has 1 aromatic heterocycles. The van der Waals surface area contributed by atoms with Gasteiger partial charge in [0.1, 0.15) is 18.1 Å². The van der Waals surface area contributed by atoms with Gasteiger partial charge in [0.25, 0.3) is 0 Å². The number of nitrogens with zero attached hydrogens (tertiary/aromatic N) is 1. The Morgan fingerprint density at radius 1 is 1.04 bits per heavy atom. The van der Waals surface area contributed by atoms with Crippen LogP contribution in [-0.4, -0.2) is 32.7 Å². The first-order chi connectivity index (χ1) is 11.8. The maximum Gasteiger partial charge on any atom is 0.196 e. The predicted molar refractivity (Wildman–Crippen MR) is 101 cm³/mol. The summed E-state index contributed by atoms with van der Waals surface area (Å²) in [5.41, 5.74) is 3.06. The lowest BCUT2D eigenvalue weighted by Gasteiger charge is -2.25. The van der Waals surface area contributed by atoms with Crippen LogP contribution in [0.3, 0.4) is 0 Å². The molecule has 0 radical (unpaired) electrons. The van der Waals surface area contributed by atoms with Crippen LogP contribution >= 0.6 is 0 Å². The maximum absolute atomic E-state index is 12.9. The summed E-state index contributed by atoms with van der Waals surface area (Å²) in [5, 5.41) is 0.599. The number of methoxy groups -OCH3 is 1. The zero-order valence-corrected chi connectivity index (χ0v) is 15.4. The molecule has 4 heteroatoms. The van der Waals surface area contributed by atoms with Crippen molar-refractivity contribution in [3.8, 4) is 17.1 Å². The summed E-state index contributed by atoms with van der Waals surface area (Å²) in [6.07, 6.45) is 0. The first-order valence-corrected chi connectivity index (χ1v) is 8.31. The van der Waals surface area contributed by atoms with Crippen LogP contribution in [-0.2, 0) is 6.54 Å². The molecule has 0 aliphatic carbocycles. The van der Waals surface area contributed by atoms with Crippen LogP contribution in [0, 0.1) is 6.92 Å². The number of hydrogen-bond donors (Lipinski definition) is 0. The fourth-order valence-electron chi connectivity index (χ4n) is 3.07. The first kappa shape index (κ1) is 17.2. The number of benzene rings is 2. The largest absolute Gasteiger partial charge is 0.496 e. The molecule has 25 heavy (non-hydrogen) atoms. The molecular formula is C21H24NO3+. The van der Waals surface area contributed by atoms with E-state index in [0.717, 1.165) is 16.9 Å². The van der Waals surface area contributed by atoms with Crippen molar-refractivity contribution < 1.29 is 13.6 Å². The van der Waals surface area contributed by atoms with Crippen LogP contribution in [0.2, 0.25) is 0 Å².